The number of carboxylic acid groups (broad SMARTS) is 1. The number of carbonyl (C=O) groups is 2. The van der Waals surface area contributed by atoms with Crippen LogP contribution in [-0.4, -0.2) is 37.7 Å². The number of aromatic nitrogens is 2. The summed E-state index contributed by atoms with van der Waals surface area (Å²) < 4.78 is 1.89. The lowest BCUT2D eigenvalue weighted by molar-refractivity contribution is -0.141. The molecule has 0 aliphatic heterocycles. The predicted octanol–water partition coefficient (Wildman–Crippen LogP) is 3.66. The Hall–Kier alpha value is -3.41. The number of nitrogens with zero attached hydrogens (tertiary/aromatic N) is 3. The van der Waals surface area contributed by atoms with Gasteiger partial charge in [0.25, 0.3) is 5.91 Å². The lowest BCUT2D eigenvalue weighted by atomic mass is 10.1. The Balaban J connectivity index is 1.87. The van der Waals surface area contributed by atoms with Gasteiger partial charge in [-0.25, -0.2) is 4.79 Å². The Bertz CT molecular complexity index is 1010. The number of benzene rings is 2. The van der Waals surface area contributed by atoms with E-state index in [0.29, 0.717) is 12.1 Å². The fourth-order valence-electron chi connectivity index (χ4n) is 3.27. The summed E-state index contributed by atoms with van der Waals surface area (Å²) in [5, 5.41) is 14.0. The second kappa shape index (κ2) is 8.73. The molecule has 0 spiro atoms. The molecule has 0 saturated heterocycles. The van der Waals surface area contributed by atoms with Crippen LogP contribution < -0.4 is 0 Å². The minimum absolute atomic E-state index is 0.231. The summed E-state index contributed by atoms with van der Waals surface area (Å²) in [5.41, 5.74) is 4.27. The van der Waals surface area contributed by atoms with Gasteiger partial charge in [-0.3, -0.25) is 9.48 Å². The first-order valence-corrected chi connectivity index (χ1v) is 9.53. The summed E-state index contributed by atoms with van der Waals surface area (Å²) in [6, 6.07) is 17.8. The highest BCUT2D eigenvalue weighted by Gasteiger charge is 2.26. The second-order valence-corrected chi connectivity index (χ2v) is 7.22. The van der Waals surface area contributed by atoms with E-state index in [9.17, 15) is 14.7 Å². The molecule has 3 aromatic rings. The van der Waals surface area contributed by atoms with E-state index in [1.54, 1.807) is 6.07 Å². The minimum atomic E-state index is -1.03. The van der Waals surface area contributed by atoms with E-state index in [2.05, 4.69) is 5.10 Å². The quantitative estimate of drug-likeness (QED) is 0.667. The summed E-state index contributed by atoms with van der Waals surface area (Å²) in [5.74, 6) is -1.34. The maximum atomic E-state index is 13.2. The van der Waals surface area contributed by atoms with Gasteiger partial charge in [0.2, 0.25) is 0 Å². The fraction of sp³-hybridized carbons (Fsp3) is 0.261. The van der Waals surface area contributed by atoms with Crippen molar-refractivity contribution >= 4 is 11.9 Å². The number of hydrogen-bond donors (Lipinski definition) is 1. The van der Waals surface area contributed by atoms with Gasteiger partial charge in [-0.2, -0.15) is 5.10 Å². The van der Waals surface area contributed by atoms with Gasteiger partial charge in [0.15, 0.2) is 0 Å². The van der Waals surface area contributed by atoms with E-state index < -0.39 is 12.0 Å². The van der Waals surface area contributed by atoms with Crippen LogP contribution in [0, 0.1) is 13.8 Å². The Morgan fingerprint density at radius 2 is 1.72 bits per heavy atom. The molecular formula is C23H25N3O3. The summed E-state index contributed by atoms with van der Waals surface area (Å²) >= 11 is 0. The van der Waals surface area contributed by atoms with E-state index in [4.69, 9.17) is 0 Å². The first-order valence-electron chi connectivity index (χ1n) is 9.53. The van der Waals surface area contributed by atoms with Crippen LogP contribution in [0.2, 0.25) is 0 Å². The second-order valence-electron chi connectivity index (χ2n) is 7.22. The summed E-state index contributed by atoms with van der Waals surface area (Å²) in [6.07, 6.45) is 0. The van der Waals surface area contributed by atoms with Crippen molar-refractivity contribution in [3.05, 3.63) is 88.7 Å². The van der Waals surface area contributed by atoms with Crippen LogP contribution in [0.4, 0.5) is 0 Å². The Morgan fingerprint density at radius 1 is 1.03 bits per heavy atom. The van der Waals surface area contributed by atoms with Crippen LogP contribution >= 0.6 is 0 Å². The van der Waals surface area contributed by atoms with Gasteiger partial charge >= 0.3 is 5.97 Å². The highest BCUT2D eigenvalue weighted by molar-refractivity contribution is 5.96. The molecule has 0 radical (unpaired) electrons. The Labute approximate surface area is 170 Å². The topological polar surface area (TPSA) is 75.4 Å². The maximum absolute atomic E-state index is 13.2. The van der Waals surface area contributed by atoms with Crippen molar-refractivity contribution in [3.63, 3.8) is 0 Å². The van der Waals surface area contributed by atoms with Crippen LogP contribution in [0.1, 0.15) is 39.8 Å². The molecule has 150 valence electrons. The van der Waals surface area contributed by atoms with Crippen LogP contribution in [0.3, 0.4) is 0 Å². The van der Waals surface area contributed by atoms with Gasteiger partial charge in [-0.15, -0.1) is 0 Å². The van der Waals surface area contributed by atoms with Crippen molar-refractivity contribution in [2.45, 2.75) is 39.9 Å². The molecule has 29 heavy (non-hydrogen) atoms. The van der Waals surface area contributed by atoms with Crippen molar-refractivity contribution in [1.29, 1.82) is 0 Å². The van der Waals surface area contributed by atoms with Crippen molar-refractivity contribution in [2.75, 3.05) is 0 Å². The van der Waals surface area contributed by atoms with Crippen LogP contribution in [0.5, 0.6) is 0 Å². The van der Waals surface area contributed by atoms with Gasteiger partial charge in [-0.1, -0.05) is 42.5 Å². The number of hydrogen-bond acceptors (Lipinski definition) is 3. The van der Waals surface area contributed by atoms with Gasteiger partial charge in [0.1, 0.15) is 6.04 Å². The largest absolute Gasteiger partial charge is 0.480 e. The van der Waals surface area contributed by atoms with E-state index in [0.717, 1.165) is 22.5 Å². The smallest absolute Gasteiger partial charge is 0.326 e. The minimum Gasteiger partial charge on any atom is -0.480 e. The molecular weight excluding hydrogens is 366 g/mol. The summed E-state index contributed by atoms with van der Waals surface area (Å²) in [4.78, 5) is 26.2. The van der Waals surface area contributed by atoms with Gasteiger partial charge in [0.05, 0.1) is 12.2 Å². The zero-order valence-electron chi connectivity index (χ0n) is 16.9. The number of rotatable bonds is 7. The number of aliphatic carboxylic acids is 1. The van der Waals surface area contributed by atoms with Gasteiger partial charge in [-0.05, 0) is 50.1 Å². The normalized spacial score (nSPS) is 11.8. The van der Waals surface area contributed by atoms with Crippen LogP contribution in [-0.2, 0) is 17.9 Å². The molecule has 1 amide bonds. The van der Waals surface area contributed by atoms with Crippen LogP contribution in [0.25, 0.3) is 0 Å². The van der Waals surface area contributed by atoms with Crippen molar-refractivity contribution in [3.8, 4) is 0 Å². The van der Waals surface area contributed by atoms with E-state index in [-0.39, 0.29) is 12.5 Å². The van der Waals surface area contributed by atoms with E-state index in [1.807, 2.05) is 73.1 Å². The number of carboxylic acids is 1. The highest BCUT2D eigenvalue weighted by atomic mass is 16.4. The first-order chi connectivity index (χ1) is 13.8. The molecule has 0 saturated carbocycles. The molecule has 0 aliphatic carbocycles. The Kier molecular flexibility index (Phi) is 6.12. The molecule has 3 rings (SSSR count). The Morgan fingerprint density at radius 3 is 2.34 bits per heavy atom. The average molecular weight is 391 g/mol. The SMILES string of the molecule is Cc1cc(C)n(Cc2cccc(C(=O)N(Cc3ccccc3)C(C)C(=O)O)c2)n1. The summed E-state index contributed by atoms with van der Waals surface area (Å²) in [6.45, 7) is 6.25. The van der Waals surface area contributed by atoms with Crippen LogP contribution in [0.15, 0.2) is 60.7 Å². The standard InChI is InChI=1S/C23H25N3O3/c1-16-12-17(2)26(24-16)15-20-10-7-11-21(13-20)22(27)25(18(3)23(28)29)14-19-8-5-4-6-9-19/h4-13,18H,14-15H2,1-3H3,(H,28,29). The fourth-order valence-corrected chi connectivity index (χ4v) is 3.27. The zero-order valence-corrected chi connectivity index (χ0v) is 16.9. The molecule has 1 aromatic heterocycles. The predicted molar refractivity (Wildman–Crippen MR) is 111 cm³/mol. The maximum Gasteiger partial charge on any atom is 0.326 e. The molecule has 1 N–H and O–H groups in total. The van der Waals surface area contributed by atoms with Crippen molar-refractivity contribution in [2.24, 2.45) is 0 Å². The molecule has 6 heteroatoms. The van der Waals surface area contributed by atoms with Crippen molar-refractivity contribution in [1.82, 2.24) is 14.7 Å². The lowest BCUT2D eigenvalue weighted by Crippen LogP contribution is -2.42. The monoisotopic (exact) mass is 391 g/mol. The highest BCUT2D eigenvalue weighted by Crippen LogP contribution is 2.16. The van der Waals surface area contributed by atoms with Crippen molar-refractivity contribution < 1.29 is 14.7 Å². The molecule has 2 aromatic carbocycles. The number of aryl methyl sites for hydroxylation is 2. The zero-order chi connectivity index (χ0) is 21.0. The molecule has 6 nitrogen and oxygen atoms in total. The average Bonchev–Trinajstić information content (AvgIpc) is 3.02. The summed E-state index contributed by atoms with van der Waals surface area (Å²) in [7, 11) is 0. The van der Waals surface area contributed by atoms with Gasteiger partial charge in [0, 0.05) is 17.8 Å². The molecule has 0 aliphatic rings. The third kappa shape index (κ3) is 4.90. The molecule has 0 bridgehead atoms. The first kappa shape index (κ1) is 20.3. The van der Waals surface area contributed by atoms with Gasteiger partial charge < -0.3 is 10.0 Å². The molecule has 0 fully saturated rings. The molecule has 1 unspecified atom stereocenters. The van der Waals surface area contributed by atoms with E-state index in [1.165, 1.54) is 11.8 Å². The molecule has 1 heterocycles. The lowest BCUT2D eigenvalue weighted by Gasteiger charge is -2.27. The third-order valence-electron chi connectivity index (χ3n) is 4.89. The number of amides is 1. The number of carbonyl (C=O) groups excluding carboxylic acids is 1. The van der Waals surface area contributed by atoms with E-state index >= 15 is 0 Å². The molecule has 1 atom stereocenters. The third-order valence-corrected chi connectivity index (χ3v) is 4.89.